The number of nitrogens with one attached hydrogen (secondary N) is 2. The highest BCUT2D eigenvalue weighted by Crippen LogP contribution is 2.30. The molecular weight excluding hydrogens is 354 g/mol. The zero-order valence-electron chi connectivity index (χ0n) is 14.2. The molecule has 1 aromatic heterocycles. The fourth-order valence-corrected chi connectivity index (χ4v) is 3.77. The summed E-state index contributed by atoms with van der Waals surface area (Å²) in [6, 6.07) is 14.6. The maximum Gasteiger partial charge on any atom is 0.265 e. The van der Waals surface area contributed by atoms with Gasteiger partial charge in [-0.25, -0.2) is 13.5 Å². The average molecular weight is 371 g/mol. The molecule has 0 aliphatic heterocycles. The second-order valence-electron chi connectivity index (χ2n) is 5.59. The van der Waals surface area contributed by atoms with E-state index < -0.39 is 10.0 Å². The Kier molecular flexibility index (Phi) is 4.77. The molecule has 0 fully saturated rings. The number of hydrogen-bond acceptors (Lipinski definition) is 5. The van der Waals surface area contributed by atoms with Crippen LogP contribution in [0.3, 0.4) is 0 Å². The molecule has 3 aromatic rings. The Hall–Kier alpha value is -3.13. The number of para-hydroxylation sites is 1. The molecule has 0 atom stereocenters. The van der Waals surface area contributed by atoms with Gasteiger partial charge in [-0.3, -0.25) is 9.52 Å². The number of methoxy groups -OCH3 is 1. The molecule has 3 rings (SSSR count). The van der Waals surface area contributed by atoms with Gasteiger partial charge in [0.2, 0.25) is 0 Å². The van der Waals surface area contributed by atoms with Crippen molar-refractivity contribution in [3.05, 3.63) is 70.5 Å². The third kappa shape index (κ3) is 3.60. The van der Waals surface area contributed by atoms with E-state index in [0.717, 1.165) is 5.56 Å². The van der Waals surface area contributed by atoms with Crippen LogP contribution in [0.15, 0.2) is 64.3 Å². The molecule has 26 heavy (non-hydrogen) atoms. The van der Waals surface area contributed by atoms with Gasteiger partial charge in [0.25, 0.3) is 15.6 Å². The molecule has 2 aromatic carbocycles. The molecule has 2 N–H and O–H groups in total. The summed E-state index contributed by atoms with van der Waals surface area (Å²) in [6.07, 6.45) is 0. The standard InChI is InChI=1S/C18H17N3O4S/c1-12-5-3-4-6-14(12)21-26(23,24)17-11-13(7-9-16(17)25-2)15-8-10-18(22)20-19-15/h3-11,21H,1-2H3,(H,20,22). The van der Waals surface area contributed by atoms with E-state index in [0.29, 0.717) is 16.9 Å². The van der Waals surface area contributed by atoms with Crippen LogP contribution in [0.25, 0.3) is 11.3 Å². The molecule has 7 nitrogen and oxygen atoms in total. The van der Waals surface area contributed by atoms with E-state index in [1.807, 2.05) is 19.1 Å². The van der Waals surface area contributed by atoms with Crippen LogP contribution in [-0.4, -0.2) is 25.7 Å². The van der Waals surface area contributed by atoms with Crippen molar-refractivity contribution in [3.63, 3.8) is 0 Å². The molecule has 134 valence electrons. The lowest BCUT2D eigenvalue weighted by Gasteiger charge is -2.14. The topological polar surface area (TPSA) is 101 Å². The predicted octanol–water partition coefficient (Wildman–Crippen LogP) is 2.55. The van der Waals surface area contributed by atoms with E-state index >= 15 is 0 Å². The van der Waals surface area contributed by atoms with Crippen LogP contribution in [0.2, 0.25) is 0 Å². The van der Waals surface area contributed by atoms with Gasteiger partial charge in [0, 0.05) is 11.6 Å². The summed E-state index contributed by atoms with van der Waals surface area (Å²) in [6.45, 7) is 1.82. The van der Waals surface area contributed by atoms with E-state index in [9.17, 15) is 13.2 Å². The fraction of sp³-hybridized carbons (Fsp3) is 0.111. The number of nitrogens with zero attached hydrogens (tertiary/aromatic N) is 1. The third-order valence-corrected chi connectivity index (χ3v) is 5.20. The Morgan fingerprint density at radius 2 is 1.85 bits per heavy atom. The first kappa shape index (κ1) is 17.7. The van der Waals surface area contributed by atoms with Gasteiger partial charge in [0.1, 0.15) is 10.6 Å². The second-order valence-corrected chi connectivity index (χ2v) is 7.24. The minimum absolute atomic E-state index is 0.0197. The number of aromatic amines is 1. The van der Waals surface area contributed by atoms with E-state index in [-0.39, 0.29) is 16.2 Å². The Balaban J connectivity index is 2.07. The van der Waals surface area contributed by atoms with Crippen LogP contribution in [0.5, 0.6) is 5.75 Å². The molecule has 0 saturated heterocycles. The van der Waals surface area contributed by atoms with Gasteiger partial charge in [-0.15, -0.1) is 0 Å². The van der Waals surface area contributed by atoms with Gasteiger partial charge in [0.05, 0.1) is 18.5 Å². The van der Waals surface area contributed by atoms with Crippen LogP contribution in [0.4, 0.5) is 5.69 Å². The highest BCUT2D eigenvalue weighted by atomic mass is 32.2. The number of sulfonamides is 1. The van der Waals surface area contributed by atoms with Gasteiger partial charge in [-0.2, -0.15) is 5.10 Å². The SMILES string of the molecule is COc1ccc(-c2ccc(=O)[nH]n2)cc1S(=O)(=O)Nc1ccccc1C. The maximum absolute atomic E-state index is 12.9. The molecule has 0 spiro atoms. The summed E-state index contributed by atoms with van der Waals surface area (Å²) in [5.41, 5.74) is 1.93. The molecule has 0 unspecified atom stereocenters. The van der Waals surface area contributed by atoms with Crippen molar-refractivity contribution in [2.24, 2.45) is 0 Å². The van der Waals surface area contributed by atoms with Crippen LogP contribution in [0.1, 0.15) is 5.56 Å². The molecule has 0 amide bonds. The lowest BCUT2D eigenvalue weighted by Crippen LogP contribution is -2.15. The van der Waals surface area contributed by atoms with Crippen molar-refractivity contribution in [3.8, 4) is 17.0 Å². The quantitative estimate of drug-likeness (QED) is 0.718. The summed E-state index contributed by atoms with van der Waals surface area (Å²) in [4.78, 5) is 11.2. The molecular formula is C18H17N3O4S. The zero-order valence-corrected chi connectivity index (χ0v) is 15.0. The first-order valence-corrected chi connectivity index (χ1v) is 9.21. The smallest absolute Gasteiger partial charge is 0.265 e. The minimum atomic E-state index is -3.89. The molecule has 8 heteroatoms. The Bertz CT molecular complexity index is 1090. The molecule has 0 radical (unpaired) electrons. The number of benzene rings is 2. The lowest BCUT2D eigenvalue weighted by molar-refractivity contribution is 0.403. The monoisotopic (exact) mass is 371 g/mol. The van der Waals surface area contributed by atoms with Crippen LogP contribution >= 0.6 is 0 Å². The van der Waals surface area contributed by atoms with Gasteiger partial charge in [0.15, 0.2) is 0 Å². The molecule has 0 aliphatic rings. The molecule has 0 bridgehead atoms. The number of hydrogen-bond donors (Lipinski definition) is 2. The van der Waals surface area contributed by atoms with Gasteiger partial charge < -0.3 is 4.74 Å². The van der Waals surface area contributed by atoms with E-state index in [2.05, 4.69) is 14.9 Å². The largest absolute Gasteiger partial charge is 0.495 e. The van der Waals surface area contributed by atoms with Crippen molar-refractivity contribution in [2.75, 3.05) is 11.8 Å². The fourth-order valence-electron chi connectivity index (χ4n) is 2.44. The Morgan fingerprint density at radius 1 is 1.08 bits per heavy atom. The Morgan fingerprint density at radius 3 is 2.50 bits per heavy atom. The Labute approximate surface area is 150 Å². The third-order valence-electron chi connectivity index (χ3n) is 3.82. The van der Waals surface area contributed by atoms with Crippen molar-refractivity contribution in [1.29, 1.82) is 0 Å². The van der Waals surface area contributed by atoms with Crippen LogP contribution in [-0.2, 0) is 10.0 Å². The number of aryl methyl sites for hydroxylation is 1. The van der Waals surface area contributed by atoms with Gasteiger partial charge >= 0.3 is 0 Å². The zero-order chi connectivity index (χ0) is 18.7. The maximum atomic E-state index is 12.9. The van der Waals surface area contributed by atoms with E-state index in [1.165, 1.54) is 25.3 Å². The van der Waals surface area contributed by atoms with Crippen molar-refractivity contribution in [2.45, 2.75) is 11.8 Å². The molecule has 1 heterocycles. The molecule has 0 aliphatic carbocycles. The van der Waals surface area contributed by atoms with E-state index in [4.69, 9.17) is 4.74 Å². The van der Waals surface area contributed by atoms with Crippen molar-refractivity contribution in [1.82, 2.24) is 10.2 Å². The summed E-state index contributed by atoms with van der Waals surface area (Å²) in [5.74, 6) is 0.208. The summed E-state index contributed by atoms with van der Waals surface area (Å²) in [5, 5.41) is 6.26. The summed E-state index contributed by atoms with van der Waals surface area (Å²) < 4.78 is 33.6. The van der Waals surface area contributed by atoms with Gasteiger partial charge in [-0.1, -0.05) is 18.2 Å². The average Bonchev–Trinajstić information content (AvgIpc) is 2.63. The summed E-state index contributed by atoms with van der Waals surface area (Å²) in [7, 11) is -2.49. The summed E-state index contributed by atoms with van der Waals surface area (Å²) >= 11 is 0. The number of H-pyrrole nitrogens is 1. The van der Waals surface area contributed by atoms with Gasteiger partial charge in [-0.05, 0) is 42.8 Å². The van der Waals surface area contributed by atoms with Crippen LogP contribution in [0, 0.1) is 6.92 Å². The highest BCUT2D eigenvalue weighted by Gasteiger charge is 2.21. The first-order chi connectivity index (χ1) is 12.4. The predicted molar refractivity (Wildman–Crippen MR) is 98.8 cm³/mol. The minimum Gasteiger partial charge on any atom is -0.495 e. The number of rotatable bonds is 5. The first-order valence-electron chi connectivity index (χ1n) is 7.73. The van der Waals surface area contributed by atoms with Crippen molar-refractivity contribution < 1.29 is 13.2 Å². The highest BCUT2D eigenvalue weighted by molar-refractivity contribution is 7.92. The number of aromatic nitrogens is 2. The number of anilines is 1. The van der Waals surface area contributed by atoms with Crippen LogP contribution < -0.4 is 15.0 Å². The van der Waals surface area contributed by atoms with Crippen molar-refractivity contribution >= 4 is 15.7 Å². The van der Waals surface area contributed by atoms with E-state index in [1.54, 1.807) is 24.3 Å². The second kappa shape index (κ2) is 7.01. The molecule has 0 saturated carbocycles. The lowest BCUT2D eigenvalue weighted by atomic mass is 10.1. The normalized spacial score (nSPS) is 11.2. The number of ether oxygens (including phenoxy) is 1.